The molecule has 6 rings (SSSR count). The zero-order valence-electron chi connectivity index (χ0n) is 14.3. The van der Waals surface area contributed by atoms with Crippen molar-refractivity contribution in [3.05, 3.63) is 83.2 Å². The molecule has 0 aliphatic heterocycles. The van der Waals surface area contributed by atoms with Crippen molar-refractivity contribution in [3.63, 3.8) is 0 Å². The van der Waals surface area contributed by atoms with E-state index in [4.69, 9.17) is 0 Å². The van der Waals surface area contributed by atoms with Crippen LogP contribution in [0.3, 0.4) is 0 Å². The lowest BCUT2D eigenvalue weighted by Crippen LogP contribution is -1.93. The molecule has 0 saturated heterocycles. The Balaban J connectivity index is 1.81. The van der Waals surface area contributed by atoms with Crippen molar-refractivity contribution >= 4 is 49.3 Å². The highest BCUT2D eigenvalue weighted by molar-refractivity contribution is 7.19. The van der Waals surface area contributed by atoms with Crippen molar-refractivity contribution in [2.45, 2.75) is 12.8 Å². The lowest BCUT2D eigenvalue weighted by Gasteiger charge is -2.08. The van der Waals surface area contributed by atoms with Crippen LogP contribution in [0.15, 0.2) is 72.8 Å². The highest BCUT2D eigenvalue weighted by Crippen LogP contribution is 2.41. The third-order valence-electron chi connectivity index (χ3n) is 5.43. The van der Waals surface area contributed by atoms with Gasteiger partial charge in [0.25, 0.3) is 0 Å². The molecule has 1 aliphatic carbocycles. The third kappa shape index (κ3) is 1.91. The largest absolute Gasteiger partial charge is 0.309 e. The molecule has 1 nitrogen and oxygen atoms in total. The summed E-state index contributed by atoms with van der Waals surface area (Å²) in [5, 5.41) is 4.07. The first-order chi connectivity index (χ1) is 12.9. The van der Waals surface area contributed by atoms with Gasteiger partial charge in [0.15, 0.2) is 0 Å². The molecule has 2 heteroatoms. The van der Waals surface area contributed by atoms with Crippen molar-refractivity contribution in [1.82, 2.24) is 4.57 Å². The lowest BCUT2D eigenvalue weighted by molar-refractivity contribution is 1.02. The van der Waals surface area contributed by atoms with Crippen LogP contribution in [0.1, 0.15) is 16.9 Å². The molecular formula is C24H17NS. The Morgan fingerprint density at radius 1 is 0.769 bits per heavy atom. The Hall–Kier alpha value is -2.84. The van der Waals surface area contributed by atoms with Crippen LogP contribution in [0.2, 0.25) is 0 Å². The Kier molecular flexibility index (Phi) is 2.94. The predicted octanol–water partition coefficient (Wildman–Crippen LogP) is 6.96. The number of rotatable bonds is 1. The van der Waals surface area contributed by atoms with Gasteiger partial charge < -0.3 is 4.57 Å². The summed E-state index contributed by atoms with van der Waals surface area (Å²) in [6.45, 7) is 0. The maximum atomic E-state index is 2.41. The molecule has 26 heavy (non-hydrogen) atoms. The molecule has 0 unspecified atom stereocenters. The maximum Gasteiger partial charge on any atom is 0.0548 e. The van der Waals surface area contributed by atoms with E-state index in [2.05, 4.69) is 83.4 Å². The second-order valence-corrected chi connectivity index (χ2v) is 8.07. The van der Waals surface area contributed by atoms with Crippen LogP contribution in [0, 0.1) is 0 Å². The number of hydrogen-bond donors (Lipinski definition) is 0. The fourth-order valence-corrected chi connectivity index (χ4v) is 5.50. The number of fused-ring (bicyclic) bond motifs is 6. The molecule has 2 aromatic heterocycles. The average Bonchev–Trinajstić information content (AvgIpc) is 3.22. The van der Waals surface area contributed by atoms with Crippen LogP contribution in [0.25, 0.3) is 43.7 Å². The van der Waals surface area contributed by atoms with Crippen molar-refractivity contribution in [1.29, 1.82) is 0 Å². The molecule has 3 aromatic carbocycles. The number of aromatic nitrogens is 1. The number of aryl methyl sites for hydroxylation is 1. The van der Waals surface area contributed by atoms with Crippen LogP contribution < -0.4 is 0 Å². The summed E-state index contributed by atoms with van der Waals surface area (Å²) >= 11 is 1.97. The van der Waals surface area contributed by atoms with Gasteiger partial charge in [-0.3, -0.25) is 0 Å². The molecular weight excluding hydrogens is 334 g/mol. The molecule has 0 amide bonds. The smallest absolute Gasteiger partial charge is 0.0548 e. The fraction of sp³-hybridized carbons (Fsp3) is 0.0833. The van der Waals surface area contributed by atoms with Gasteiger partial charge in [-0.2, -0.15) is 0 Å². The molecule has 0 N–H and O–H groups in total. The summed E-state index contributed by atoms with van der Waals surface area (Å²) in [5.74, 6) is 0. The summed E-state index contributed by atoms with van der Waals surface area (Å²) in [5.41, 5.74) is 5.22. The Morgan fingerprint density at radius 3 is 2.54 bits per heavy atom. The Morgan fingerprint density at radius 2 is 1.62 bits per heavy atom. The van der Waals surface area contributed by atoms with Crippen molar-refractivity contribution in [3.8, 4) is 5.69 Å². The summed E-state index contributed by atoms with van der Waals surface area (Å²) in [6, 6.07) is 24.3. The molecule has 0 bridgehead atoms. The van der Waals surface area contributed by atoms with Crippen LogP contribution >= 0.6 is 11.3 Å². The molecule has 0 saturated carbocycles. The molecule has 0 fully saturated rings. The monoisotopic (exact) mass is 351 g/mol. The van der Waals surface area contributed by atoms with Crippen LogP contribution in [0.5, 0.6) is 0 Å². The average molecular weight is 351 g/mol. The van der Waals surface area contributed by atoms with E-state index in [0.29, 0.717) is 0 Å². The van der Waals surface area contributed by atoms with Crippen molar-refractivity contribution < 1.29 is 0 Å². The normalized spacial score (nSPS) is 13.7. The maximum absolute atomic E-state index is 2.41. The summed E-state index contributed by atoms with van der Waals surface area (Å²) in [4.78, 5) is 1.53. The van der Waals surface area contributed by atoms with Gasteiger partial charge >= 0.3 is 0 Å². The van der Waals surface area contributed by atoms with Gasteiger partial charge in [0.05, 0.1) is 11.0 Å². The number of nitrogens with zero attached hydrogens (tertiary/aromatic N) is 1. The van der Waals surface area contributed by atoms with Gasteiger partial charge in [-0.05, 0) is 48.7 Å². The van der Waals surface area contributed by atoms with Gasteiger partial charge in [-0.15, -0.1) is 11.3 Å². The topological polar surface area (TPSA) is 4.93 Å². The van der Waals surface area contributed by atoms with Crippen molar-refractivity contribution in [2.75, 3.05) is 0 Å². The van der Waals surface area contributed by atoms with Gasteiger partial charge in [0.2, 0.25) is 0 Å². The third-order valence-corrected chi connectivity index (χ3v) is 6.66. The van der Waals surface area contributed by atoms with Gasteiger partial charge in [0, 0.05) is 31.4 Å². The highest BCUT2D eigenvalue weighted by Gasteiger charge is 2.17. The minimum Gasteiger partial charge on any atom is -0.309 e. The van der Waals surface area contributed by atoms with Gasteiger partial charge in [-0.1, -0.05) is 48.6 Å². The summed E-state index contributed by atoms with van der Waals surface area (Å²) in [7, 11) is 0. The number of benzene rings is 3. The molecule has 124 valence electrons. The minimum atomic E-state index is 1.17. The molecule has 1 aliphatic rings. The van der Waals surface area contributed by atoms with Crippen LogP contribution in [-0.2, 0) is 6.42 Å². The standard InChI is InChI=1S/C24H17NS/c1-2-8-16(9-3-1)25-21-12-6-4-10-17(21)19-15-24-20(14-22(19)25)18-11-5-7-13-23(18)26-24/h1-6,8-12,14-15H,7,13H2. The van der Waals surface area contributed by atoms with E-state index in [9.17, 15) is 0 Å². The number of hydrogen-bond acceptors (Lipinski definition) is 1. The van der Waals surface area contributed by atoms with Gasteiger partial charge in [-0.25, -0.2) is 0 Å². The molecule has 0 radical (unpaired) electrons. The van der Waals surface area contributed by atoms with E-state index in [-0.39, 0.29) is 0 Å². The van der Waals surface area contributed by atoms with E-state index in [1.165, 1.54) is 60.9 Å². The molecule has 0 spiro atoms. The second-order valence-electron chi connectivity index (χ2n) is 6.93. The summed E-state index contributed by atoms with van der Waals surface area (Å²) in [6.07, 6.45) is 6.97. The first kappa shape index (κ1) is 14.3. The zero-order chi connectivity index (χ0) is 17.1. The van der Waals surface area contributed by atoms with E-state index in [1.807, 2.05) is 11.3 Å². The summed E-state index contributed by atoms with van der Waals surface area (Å²) < 4.78 is 3.81. The zero-order valence-corrected chi connectivity index (χ0v) is 15.1. The van der Waals surface area contributed by atoms with Crippen LogP contribution in [-0.4, -0.2) is 4.57 Å². The fourth-order valence-electron chi connectivity index (χ4n) is 4.27. The Bertz CT molecular complexity index is 1320. The van der Waals surface area contributed by atoms with Gasteiger partial charge in [0.1, 0.15) is 0 Å². The van der Waals surface area contributed by atoms with E-state index in [1.54, 1.807) is 0 Å². The number of thiophene rings is 1. The first-order valence-electron chi connectivity index (χ1n) is 9.11. The molecule has 2 heterocycles. The molecule has 0 atom stereocenters. The van der Waals surface area contributed by atoms with Crippen LogP contribution in [0.4, 0.5) is 0 Å². The number of allylic oxidation sites excluding steroid dienone is 1. The Labute approximate surface area is 155 Å². The van der Waals surface area contributed by atoms with E-state index >= 15 is 0 Å². The van der Waals surface area contributed by atoms with Crippen molar-refractivity contribution in [2.24, 2.45) is 0 Å². The SMILES string of the molecule is C1=Cc2c(sc3cc4c5ccccc5n(-c5ccccc5)c4cc23)CC1. The quantitative estimate of drug-likeness (QED) is 0.308. The predicted molar refractivity (Wildman–Crippen MR) is 114 cm³/mol. The second kappa shape index (κ2) is 5.33. The van der Waals surface area contributed by atoms with E-state index in [0.717, 1.165) is 0 Å². The number of para-hydroxylation sites is 2. The molecule has 5 aromatic rings. The lowest BCUT2D eigenvalue weighted by atomic mass is 10.0. The minimum absolute atomic E-state index is 1.17. The highest BCUT2D eigenvalue weighted by atomic mass is 32.1. The first-order valence-corrected chi connectivity index (χ1v) is 9.92. The van der Waals surface area contributed by atoms with E-state index < -0.39 is 0 Å².